The summed E-state index contributed by atoms with van der Waals surface area (Å²) in [5.74, 6) is 1.05. The molecule has 0 saturated heterocycles. The first-order chi connectivity index (χ1) is 13.4. The predicted molar refractivity (Wildman–Crippen MR) is 106 cm³/mol. The molecule has 28 heavy (non-hydrogen) atoms. The number of aromatic nitrogens is 2. The first-order valence-electron chi connectivity index (χ1n) is 7.72. The molecule has 12 heteroatoms. The molecule has 2 aromatic rings. The minimum Gasteiger partial charge on any atom is -0.497 e. The highest BCUT2D eigenvalue weighted by Crippen LogP contribution is 2.30. The minimum atomic E-state index is -4.12. The number of amidine groups is 1. The number of sulfonamides is 1. The molecule has 0 aliphatic carbocycles. The van der Waals surface area contributed by atoms with Crippen molar-refractivity contribution in [2.75, 3.05) is 40.0 Å². The Morgan fingerprint density at radius 2 is 1.64 bits per heavy atom. The zero-order valence-corrected chi connectivity index (χ0v) is 17.6. The van der Waals surface area contributed by atoms with Crippen molar-refractivity contribution < 1.29 is 27.4 Å². The Kier molecular flexibility index (Phi) is 7.29. The number of methoxy groups -OCH3 is 4. The van der Waals surface area contributed by atoms with Gasteiger partial charge in [-0.3, -0.25) is 0 Å². The quantitative estimate of drug-likeness (QED) is 0.518. The number of rotatable bonds is 7. The van der Waals surface area contributed by atoms with E-state index in [2.05, 4.69) is 19.7 Å². The van der Waals surface area contributed by atoms with Gasteiger partial charge in [-0.1, -0.05) is 11.8 Å². The molecule has 1 N–H and O–H groups in total. The summed E-state index contributed by atoms with van der Waals surface area (Å²) in [6.07, 6.45) is 1.65. The van der Waals surface area contributed by atoms with Gasteiger partial charge in [-0.05, 0) is 18.4 Å². The maximum atomic E-state index is 12.8. The zero-order valence-electron chi connectivity index (χ0n) is 15.9. The van der Waals surface area contributed by atoms with Gasteiger partial charge < -0.3 is 24.3 Å². The van der Waals surface area contributed by atoms with Crippen LogP contribution in [-0.4, -0.2) is 58.2 Å². The zero-order chi connectivity index (χ0) is 20.7. The lowest BCUT2D eigenvalue weighted by atomic mass is 10.3. The Labute approximate surface area is 167 Å². The van der Waals surface area contributed by atoms with Gasteiger partial charge in [-0.2, -0.15) is 18.4 Å². The summed E-state index contributed by atoms with van der Waals surface area (Å²) >= 11 is 1.06. The van der Waals surface area contributed by atoms with Crippen LogP contribution in [0.3, 0.4) is 0 Å². The van der Waals surface area contributed by atoms with E-state index >= 15 is 0 Å². The summed E-state index contributed by atoms with van der Waals surface area (Å²) < 4.78 is 49.8. The SMILES string of the molecule is COc1ccc(OC)c(S(=O)(=O)/N=C(/Nc2nc(OC)cc(OC)n2)SC)c1. The van der Waals surface area contributed by atoms with Crippen LogP contribution in [0.25, 0.3) is 0 Å². The van der Waals surface area contributed by atoms with Gasteiger partial charge >= 0.3 is 0 Å². The number of ether oxygens (including phenoxy) is 4. The van der Waals surface area contributed by atoms with E-state index in [4.69, 9.17) is 18.9 Å². The lowest BCUT2D eigenvalue weighted by molar-refractivity contribution is 0.373. The molecule has 1 aromatic carbocycles. The number of nitrogens with one attached hydrogen (secondary N) is 1. The molecule has 0 saturated carbocycles. The number of hydrogen-bond donors (Lipinski definition) is 1. The molecular formula is C16H20N4O6S2. The van der Waals surface area contributed by atoms with Crippen LogP contribution in [0.4, 0.5) is 5.95 Å². The van der Waals surface area contributed by atoms with Crippen LogP contribution in [0.1, 0.15) is 0 Å². The van der Waals surface area contributed by atoms with E-state index in [1.54, 1.807) is 12.3 Å². The molecule has 0 fully saturated rings. The molecule has 0 atom stereocenters. The molecule has 0 unspecified atom stereocenters. The van der Waals surface area contributed by atoms with Crippen molar-refractivity contribution in [2.45, 2.75) is 4.90 Å². The molecule has 1 heterocycles. The average Bonchev–Trinajstić information content (AvgIpc) is 2.72. The van der Waals surface area contributed by atoms with Gasteiger partial charge in [0.05, 0.1) is 34.5 Å². The van der Waals surface area contributed by atoms with Crippen LogP contribution in [0.5, 0.6) is 23.3 Å². The first-order valence-corrected chi connectivity index (χ1v) is 10.4. The van der Waals surface area contributed by atoms with Crippen LogP contribution in [0.2, 0.25) is 0 Å². The molecule has 0 radical (unpaired) electrons. The van der Waals surface area contributed by atoms with Crippen molar-refractivity contribution >= 4 is 32.9 Å². The van der Waals surface area contributed by atoms with E-state index in [0.717, 1.165) is 11.8 Å². The molecular weight excluding hydrogens is 408 g/mol. The molecule has 2 rings (SSSR count). The van der Waals surface area contributed by atoms with Crippen LogP contribution in [0.15, 0.2) is 33.6 Å². The largest absolute Gasteiger partial charge is 0.497 e. The smallest absolute Gasteiger partial charge is 0.288 e. The Balaban J connectivity index is 2.43. The van der Waals surface area contributed by atoms with Gasteiger partial charge in [-0.25, -0.2) is 0 Å². The second-order valence-corrected chi connectivity index (χ2v) is 7.36. The fraction of sp³-hybridized carbons (Fsp3) is 0.312. The van der Waals surface area contributed by atoms with Crippen LogP contribution < -0.4 is 24.3 Å². The van der Waals surface area contributed by atoms with E-state index in [1.807, 2.05) is 0 Å². The van der Waals surface area contributed by atoms with Crippen molar-refractivity contribution in [3.05, 3.63) is 24.3 Å². The van der Waals surface area contributed by atoms with Gasteiger partial charge in [0.15, 0.2) is 5.17 Å². The molecule has 0 aliphatic rings. The average molecular weight is 428 g/mol. The number of anilines is 1. The molecule has 0 aliphatic heterocycles. The molecule has 10 nitrogen and oxygen atoms in total. The molecule has 0 spiro atoms. The molecule has 152 valence electrons. The third-order valence-corrected chi connectivity index (χ3v) is 5.35. The first kappa shape index (κ1) is 21.6. The summed E-state index contributed by atoms with van der Waals surface area (Å²) in [7, 11) is 1.57. The third-order valence-electron chi connectivity index (χ3n) is 3.36. The Hall–Kier alpha value is -2.73. The summed E-state index contributed by atoms with van der Waals surface area (Å²) in [6.45, 7) is 0. The highest BCUT2D eigenvalue weighted by Gasteiger charge is 2.21. The summed E-state index contributed by atoms with van der Waals surface area (Å²) in [4.78, 5) is 8.05. The van der Waals surface area contributed by atoms with Crippen LogP contribution >= 0.6 is 11.8 Å². The number of benzene rings is 1. The van der Waals surface area contributed by atoms with E-state index in [9.17, 15) is 8.42 Å². The Morgan fingerprint density at radius 1 is 1.00 bits per heavy atom. The van der Waals surface area contributed by atoms with E-state index in [-0.39, 0.29) is 33.5 Å². The van der Waals surface area contributed by atoms with Crippen LogP contribution in [-0.2, 0) is 10.0 Å². The van der Waals surface area contributed by atoms with Gasteiger partial charge in [0.2, 0.25) is 17.7 Å². The van der Waals surface area contributed by atoms with E-state index in [1.165, 1.54) is 46.6 Å². The van der Waals surface area contributed by atoms with Crippen LogP contribution in [0, 0.1) is 0 Å². The van der Waals surface area contributed by atoms with E-state index in [0.29, 0.717) is 5.75 Å². The van der Waals surface area contributed by atoms with Gasteiger partial charge in [0.1, 0.15) is 16.4 Å². The highest BCUT2D eigenvalue weighted by atomic mass is 32.2. The van der Waals surface area contributed by atoms with Gasteiger partial charge in [0, 0.05) is 6.07 Å². The van der Waals surface area contributed by atoms with Crippen molar-refractivity contribution in [3.8, 4) is 23.3 Å². The van der Waals surface area contributed by atoms with Crippen molar-refractivity contribution in [3.63, 3.8) is 0 Å². The monoisotopic (exact) mass is 428 g/mol. The van der Waals surface area contributed by atoms with Gasteiger partial charge in [0.25, 0.3) is 10.0 Å². The normalized spacial score (nSPS) is 11.7. The number of thioether (sulfide) groups is 1. The topological polar surface area (TPSA) is 121 Å². The second-order valence-electron chi connectivity index (χ2n) is 4.99. The lowest BCUT2D eigenvalue weighted by Gasteiger charge is -2.11. The number of hydrogen-bond acceptors (Lipinski definition) is 9. The fourth-order valence-electron chi connectivity index (χ4n) is 2.02. The van der Waals surface area contributed by atoms with E-state index < -0.39 is 10.0 Å². The Bertz CT molecular complexity index is 943. The molecule has 0 amide bonds. The summed E-state index contributed by atoms with van der Waals surface area (Å²) in [5, 5.41) is 2.79. The highest BCUT2D eigenvalue weighted by molar-refractivity contribution is 8.14. The number of nitrogens with zero attached hydrogens (tertiary/aromatic N) is 3. The minimum absolute atomic E-state index is 0.0418. The van der Waals surface area contributed by atoms with Crippen molar-refractivity contribution in [1.82, 2.24) is 9.97 Å². The maximum Gasteiger partial charge on any atom is 0.288 e. The summed E-state index contributed by atoms with van der Waals surface area (Å²) in [6, 6.07) is 5.90. The van der Waals surface area contributed by atoms with Gasteiger partial charge in [-0.15, -0.1) is 4.40 Å². The predicted octanol–water partition coefficient (Wildman–Crippen LogP) is 2.03. The lowest BCUT2D eigenvalue weighted by Crippen LogP contribution is -2.14. The van der Waals surface area contributed by atoms with Crippen molar-refractivity contribution in [2.24, 2.45) is 4.40 Å². The second kappa shape index (κ2) is 9.46. The Morgan fingerprint density at radius 3 is 2.14 bits per heavy atom. The standard InChI is InChI=1S/C16H20N4O6S2/c1-23-10-6-7-11(24-2)12(8-10)28(21,22)20-16(27-5)19-15-17-13(25-3)9-14(18-15)26-4/h6-9H,1-5H3,(H,17,18,19,20). The molecule has 1 aromatic heterocycles. The molecule has 0 bridgehead atoms. The fourth-order valence-corrected chi connectivity index (χ4v) is 3.84. The third kappa shape index (κ3) is 5.16. The van der Waals surface area contributed by atoms with Crippen molar-refractivity contribution in [1.29, 1.82) is 0 Å². The summed E-state index contributed by atoms with van der Waals surface area (Å²) in [5.41, 5.74) is 0. The maximum absolute atomic E-state index is 12.8.